The van der Waals surface area contributed by atoms with Gasteiger partial charge in [0.1, 0.15) is 24.7 Å². The minimum atomic E-state index is -1.10. The lowest BCUT2D eigenvalue weighted by atomic mass is 9.90. The van der Waals surface area contributed by atoms with Crippen LogP contribution in [0.1, 0.15) is 34.0 Å². The predicted octanol–water partition coefficient (Wildman–Crippen LogP) is 3.95. The first-order valence-electron chi connectivity index (χ1n) is 9.67. The highest BCUT2D eigenvalue weighted by Crippen LogP contribution is 2.37. The van der Waals surface area contributed by atoms with Crippen molar-refractivity contribution in [3.63, 3.8) is 0 Å². The number of carbonyl (C=O) groups is 2. The largest absolute Gasteiger partial charge is 0.504 e. The fraction of sp³-hybridized carbons (Fsp3) is 0.250. The number of methoxy groups -OCH3 is 1. The van der Waals surface area contributed by atoms with Gasteiger partial charge < -0.3 is 24.4 Å². The quantitative estimate of drug-likeness (QED) is 0.391. The topological polar surface area (TPSA) is 102 Å². The Morgan fingerprint density at radius 3 is 2.16 bits per heavy atom. The highest BCUT2D eigenvalue weighted by atomic mass is 16.5. The highest BCUT2D eigenvalue weighted by Gasteiger charge is 2.27. The van der Waals surface area contributed by atoms with E-state index < -0.39 is 18.2 Å². The summed E-state index contributed by atoms with van der Waals surface area (Å²) in [6.45, 7) is 9.41. The van der Waals surface area contributed by atoms with E-state index in [1.165, 1.54) is 31.4 Å². The van der Waals surface area contributed by atoms with Gasteiger partial charge in [0.05, 0.1) is 19.1 Å². The monoisotopic (exact) mass is 426 g/mol. The van der Waals surface area contributed by atoms with Crippen molar-refractivity contribution in [1.82, 2.24) is 0 Å². The number of hydrogen-bond acceptors (Lipinski definition) is 6. The Labute approximate surface area is 181 Å². The van der Waals surface area contributed by atoms with Crippen LogP contribution in [0.2, 0.25) is 0 Å². The maximum absolute atomic E-state index is 13.5. The van der Waals surface area contributed by atoms with Gasteiger partial charge in [-0.05, 0) is 35.7 Å². The minimum Gasteiger partial charge on any atom is -0.504 e. The van der Waals surface area contributed by atoms with E-state index in [0.29, 0.717) is 23.3 Å². The van der Waals surface area contributed by atoms with Crippen molar-refractivity contribution in [3.05, 3.63) is 71.8 Å². The van der Waals surface area contributed by atoms with Crippen LogP contribution in [0, 0.1) is 0 Å². The van der Waals surface area contributed by atoms with Gasteiger partial charge >= 0.3 is 5.97 Å². The van der Waals surface area contributed by atoms with Gasteiger partial charge in [-0.2, -0.15) is 0 Å². The summed E-state index contributed by atoms with van der Waals surface area (Å²) in [6.07, 6.45) is 3.12. The van der Waals surface area contributed by atoms with Crippen molar-refractivity contribution in [1.29, 1.82) is 0 Å². The van der Waals surface area contributed by atoms with Gasteiger partial charge in [-0.1, -0.05) is 32.2 Å². The lowest BCUT2D eigenvalue weighted by Crippen LogP contribution is -2.16. The number of phenols is 1. The molecule has 0 atom stereocenters. The first-order chi connectivity index (χ1) is 14.9. The Kier molecular flexibility index (Phi) is 8.25. The molecule has 0 unspecified atom stereocenters. The molecular formula is C24H26O7. The van der Waals surface area contributed by atoms with E-state index >= 15 is 0 Å². The lowest BCUT2D eigenvalue weighted by molar-refractivity contribution is -0.136. The second kappa shape index (κ2) is 10.9. The van der Waals surface area contributed by atoms with Gasteiger partial charge in [-0.3, -0.25) is 9.59 Å². The second-order valence-corrected chi connectivity index (χ2v) is 6.54. The zero-order valence-electron chi connectivity index (χ0n) is 17.6. The van der Waals surface area contributed by atoms with Gasteiger partial charge in [0.25, 0.3) is 0 Å². The molecule has 0 aromatic heterocycles. The molecule has 0 heterocycles. The van der Waals surface area contributed by atoms with E-state index in [4.69, 9.17) is 14.2 Å². The number of carboxylic acids is 1. The van der Waals surface area contributed by atoms with Crippen LogP contribution in [0.4, 0.5) is 0 Å². The summed E-state index contributed by atoms with van der Waals surface area (Å²) in [5, 5.41) is 19.6. The van der Waals surface area contributed by atoms with Crippen molar-refractivity contribution in [2.24, 2.45) is 0 Å². The number of ether oxygens (including phenoxy) is 3. The van der Waals surface area contributed by atoms with Crippen LogP contribution < -0.4 is 14.2 Å². The van der Waals surface area contributed by atoms with Crippen LogP contribution in [0.5, 0.6) is 23.0 Å². The number of rotatable bonds is 12. The van der Waals surface area contributed by atoms with Crippen molar-refractivity contribution >= 4 is 11.8 Å². The Balaban J connectivity index is 2.77. The summed E-state index contributed by atoms with van der Waals surface area (Å²) >= 11 is 0. The summed E-state index contributed by atoms with van der Waals surface area (Å²) in [5.41, 5.74) is 1.17. The van der Waals surface area contributed by atoms with Crippen molar-refractivity contribution in [2.45, 2.75) is 19.8 Å². The number of aliphatic carboxylic acids is 1. The second-order valence-electron chi connectivity index (χ2n) is 6.54. The minimum absolute atomic E-state index is 0.104. The molecule has 0 saturated carbocycles. The van der Waals surface area contributed by atoms with E-state index in [9.17, 15) is 19.8 Å². The molecule has 2 aromatic rings. The van der Waals surface area contributed by atoms with Gasteiger partial charge in [0.15, 0.2) is 17.3 Å². The highest BCUT2D eigenvalue weighted by molar-refractivity contribution is 6.12. The van der Waals surface area contributed by atoms with Crippen LogP contribution in [0.3, 0.4) is 0 Å². The van der Waals surface area contributed by atoms with Crippen molar-refractivity contribution < 1.29 is 34.0 Å². The first-order valence-corrected chi connectivity index (χ1v) is 9.67. The van der Waals surface area contributed by atoms with Crippen LogP contribution >= 0.6 is 0 Å². The SMILES string of the molecule is C=CCOc1cc(OCC=C)c(C(=O)c2ccc(OC)c(O)c2)c(CC(=O)O)c1CC. The number of hydrogen-bond donors (Lipinski definition) is 2. The fourth-order valence-electron chi connectivity index (χ4n) is 3.23. The molecule has 31 heavy (non-hydrogen) atoms. The predicted molar refractivity (Wildman–Crippen MR) is 117 cm³/mol. The number of benzene rings is 2. The molecule has 0 amide bonds. The van der Waals surface area contributed by atoms with E-state index in [-0.39, 0.29) is 41.6 Å². The normalized spacial score (nSPS) is 10.3. The van der Waals surface area contributed by atoms with Crippen LogP contribution in [-0.4, -0.2) is 42.3 Å². The third-order valence-electron chi connectivity index (χ3n) is 4.54. The lowest BCUT2D eigenvalue weighted by Gasteiger charge is -2.20. The molecule has 0 bridgehead atoms. The number of carbonyl (C=O) groups excluding carboxylic acids is 1. The third-order valence-corrected chi connectivity index (χ3v) is 4.54. The first kappa shape index (κ1) is 23.5. The maximum Gasteiger partial charge on any atom is 0.307 e. The third kappa shape index (κ3) is 5.45. The molecule has 7 nitrogen and oxygen atoms in total. The molecule has 2 aromatic carbocycles. The molecule has 0 saturated heterocycles. The number of ketones is 1. The molecule has 0 aliphatic rings. The molecular weight excluding hydrogens is 400 g/mol. The van der Waals surface area contributed by atoms with Crippen LogP contribution in [0.15, 0.2) is 49.6 Å². The summed E-state index contributed by atoms with van der Waals surface area (Å²) in [5.74, 6) is -0.981. The standard InChI is InChI=1S/C24H26O7/c1-5-10-30-20-14-21(31-11-6-2)23(17(13-22(26)27)16(20)7-3)24(28)15-8-9-19(29-4)18(25)12-15/h5-6,8-9,12,14,25H,1-2,7,10-11,13H2,3-4H3,(H,26,27). The fourth-order valence-corrected chi connectivity index (χ4v) is 3.23. The number of carboxylic acid groups (broad SMARTS) is 1. The zero-order valence-corrected chi connectivity index (χ0v) is 17.6. The zero-order chi connectivity index (χ0) is 23.0. The van der Waals surface area contributed by atoms with E-state index in [2.05, 4.69) is 13.2 Å². The molecule has 0 aliphatic carbocycles. The van der Waals surface area contributed by atoms with Gasteiger partial charge in [-0.15, -0.1) is 0 Å². The Hall–Kier alpha value is -3.74. The summed E-state index contributed by atoms with van der Waals surface area (Å²) < 4.78 is 16.5. The molecule has 0 spiro atoms. The summed E-state index contributed by atoms with van der Waals surface area (Å²) in [6, 6.07) is 5.81. The van der Waals surface area contributed by atoms with Crippen LogP contribution in [0.25, 0.3) is 0 Å². The van der Waals surface area contributed by atoms with Gasteiger partial charge in [0, 0.05) is 11.6 Å². The number of aromatic hydroxyl groups is 1. The molecule has 0 radical (unpaired) electrons. The van der Waals surface area contributed by atoms with Gasteiger partial charge in [-0.25, -0.2) is 0 Å². The average Bonchev–Trinajstić information content (AvgIpc) is 2.75. The van der Waals surface area contributed by atoms with Crippen molar-refractivity contribution in [2.75, 3.05) is 20.3 Å². The van der Waals surface area contributed by atoms with E-state index in [1.54, 1.807) is 12.1 Å². The maximum atomic E-state index is 13.5. The van der Waals surface area contributed by atoms with Crippen LogP contribution in [-0.2, 0) is 17.6 Å². The average molecular weight is 426 g/mol. The molecule has 0 aliphatic heterocycles. The Morgan fingerprint density at radius 1 is 1.00 bits per heavy atom. The smallest absolute Gasteiger partial charge is 0.307 e. The van der Waals surface area contributed by atoms with E-state index in [1.807, 2.05) is 6.92 Å². The van der Waals surface area contributed by atoms with Crippen molar-refractivity contribution in [3.8, 4) is 23.0 Å². The summed E-state index contributed by atoms with van der Waals surface area (Å²) in [7, 11) is 1.40. The summed E-state index contributed by atoms with van der Waals surface area (Å²) in [4.78, 5) is 25.1. The molecule has 164 valence electrons. The van der Waals surface area contributed by atoms with E-state index in [0.717, 1.165) is 0 Å². The Morgan fingerprint density at radius 2 is 1.65 bits per heavy atom. The number of phenolic OH excluding ortho intramolecular Hbond substituents is 1. The molecule has 0 fully saturated rings. The molecule has 2 N–H and O–H groups in total. The molecule has 7 heteroatoms. The van der Waals surface area contributed by atoms with Gasteiger partial charge in [0.2, 0.25) is 0 Å². The Bertz CT molecular complexity index is 992. The molecule has 2 rings (SSSR count).